The minimum absolute atomic E-state index is 1.12. The second-order valence-corrected chi connectivity index (χ2v) is 4.73. The second kappa shape index (κ2) is 4.19. The van der Waals surface area contributed by atoms with Gasteiger partial charge in [0.05, 0.1) is 0 Å². The van der Waals surface area contributed by atoms with Gasteiger partial charge in [-0.2, -0.15) is 0 Å². The van der Waals surface area contributed by atoms with E-state index >= 15 is 0 Å². The van der Waals surface area contributed by atoms with Crippen molar-refractivity contribution in [1.82, 2.24) is 0 Å². The zero-order chi connectivity index (χ0) is 10.8. The average Bonchev–Trinajstić information content (AvgIpc) is 2.22. The van der Waals surface area contributed by atoms with Crippen LogP contribution in [0.5, 0.6) is 0 Å². The predicted molar refractivity (Wildman–Crippen MR) is 69.1 cm³/mol. The third-order valence-corrected chi connectivity index (χ3v) is 3.16. The number of benzene rings is 2. The molecule has 15 heavy (non-hydrogen) atoms. The Balaban J connectivity index is 2.50. The standard InChI is InChI=1S/C14H13Br/c1-10-6-7-13(8-11(10)2)12-4-3-5-14(15)9-12/h3-9H,1-2H3. The largest absolute Gasteiger partial charge is 0.0605 e. The molecule has 2 rings (SSSR count). The smallest absolute Gasteiger partial charge is 0.0181 e. The van der Waals surface area contributed by atoms with Gasteiger partial charge in [0.25, 0.3) is 0 Å². The van der Waals surface area contributed by atoms with Crippen molar-refractivity contribution in [2.24, 2.45) is 0 Å². The van der Waals surface area contributed by atoms with Crippen LogP contribution in [0.3, 0.4) is 0 Å². The summed E-state index contributed by atoms with van der Waals surface area (Å²) in [5, 5.41) is 0. The summed E-state index contributed by atoms with van der Waals surface area (Å²) in [5.41, 5.74) is 5.22. The van der Waals surface area contributed by atoms with Crippen molar-refractivity contribution in [1.29, 1.82) is 0 Å². The molecule has 1 heteroatoms. The van der Waals surface area contributed by atoms with Gasteiger partial charge in [-0.1, -0.05) is 46.3 Å². The van der Waals surface area contributed by atoms with Crippen molar-refractivity contribution < 1.29 is 0 Å². The highest BCUT2D eigenvalue weighted by atomic mass is 79.9. The minimum atomic E-state index is 1.12. The number of hydrogen-bond donors (Lipinski definition) is 0. The van der Waals surface area contributed by atoms with Crippen molar-refractivity contribution in [3.63, 3.8) is 0 Å². The van der Waals surface area contributed by atoms with Gasteiger partial charge >= 0.3 is 0 Å². The molecular formula is C14H13Br. The molecule has 0 nitrogen and oxygen atoms in total. The van der Waals surface area contributed by atoms with Gasteiger partial charge in [-0.15, -0.1) is 0 Å². The number of aryl methyl sites for hydroxylation is 2. The van der Waals surface area contributed by atoms with Crippen molar-refractivity contribution in [2.75, 3.05) is 0 Å². The first-order valence-electron chi connectivity index (χ1n) is 5.00. The molecule has 0 aliphatic carbocycles. The van der Waals surface area contributed by atoms with E-state index in [0.29, 0.717) is 0 Å². The highest BCUT2D eigenvalue weighted by Gasteiger charge is 1.99. The third kappa shape index (κ3) is 2.29. The molecule has 0 heterocycles. The topological polar surface area (TPSA) is 0 Å². The number of rotatable bonds is 1. The Hall–Kier alpha value is -1.08. The summed E-state index contributed by atoms with van der Waals surface area (Å²) in [6.45, 7) is 4.29. The van der Waals surface area contributed by atoms with Crippen molar-refractivity contribution in [3.05, 3.63) is 58.1 Å². The monoisotopic (exact) mass is 260 g/mol. The summed E-state index contributed by atoms with van der Waals surface area (Å²) in [4.78, 5) is 0. The summed E-state index contributed by atoms with van der Waals surface area (Å²) >= 11 is 3.49. The van der Waals surface area contributed by atoms with E-state index in [1.807, 2.05) is 6.07 Å². The van der Waals surface area contributed by atoms with Gasteiger partial charge in [-0.25, -0.2) is 0 Å². The first-order valence-corrected chi connectivity index (χ1v) is 5.79. The fraction of sp³-hybridized carbons (Fsp3) is 0.143. The Morgan fingerprint density at radius 1 is 0.800 bits per heavy atom. The quantitative estimate of drug-likeness (QED) is 0.696. The summed E-state index contributed by atoms with van der Waals surface area (Å²) in [7, 11) is 0. The zero-order valence-corrected chi connectivity index (χ0v) is 10.5. The molecule has 76 valence electrons. The van der Waals surface area contributed by atoms with Crippen LogP contribution in [-0.2, 0) is 0 Å². The first kappa shape index (κ1) is 10.4. The average molecular weight is 261 g/mol. The van der Waals surface area contributed by atoms with E-state index in [4.69, 9.17) is 0 Å². The van der Waals surface area contributed by atoms with Gasteiger partial charge in [0.15, 0.2) is 0 Å². The molecule has 0 radical (unpaired) electrons. The molecule has 0 aliphatic rings. The minimum Gasteiger partial charge on any atom is -0.0605 e. The molecule has 0 fully saturated rings. The Labute approximate surface area is 99.1 Å². The van der Waals surface area contributed by atoms with Crippen LogP contribution in [0.2, 0.25) is 0 Å². The van der Waals surface area contributed by atoms with Gasteiger partial charge in [-0.05, 0) is 48.2 Å². The van der Waals surface area contributed by atoms with Gasteiger partial charge in [0.2, 0.25) is 0 Å². The van der Waals surface area contributed by atoms with Crippen LogP contribution in [-0.4, -0.2) is 0 Å². The molecule has 0 bridgehead atoms. The van der Waals surface area contributed by atoms with Crippen LogP contribution < -0.4 is 0 Å². The van der Waals surface area contributed by atoms with Crippen molar-refractivity contribution in [3.8, 4) is 11.1 Å². The molecule has 0 atom stereocenters. The van der Waals surface area contributed by atoms with E-state index in [1.165, 1.54) is 22.3 Å². The lowest BCUT2D eigenvalue weighted by molar-refractivity contribution is 1.34. The van der Waals surface area contributed by atoms with Gasteiger partial charge in [0, 0.05) is 4.47 Å². The Morgan fingerprint density at radius 3 is 2.20 bits per heavy atom. The maximum atomic E-state index is 3.49. The van der Waals surface area contributed by atoms with Crippen LogP contribution in [0.1, 0.15) is 11.1 Å². The van der Waals surface area contributed by atoms with Gasteiger partial charge in [0.1, 0.15) is 0 Å². The van der Waals surface area contributed by atoms with Crippen LogP contribution in [0.4, 0.5) is 0 Å². The van der Waals surface area contributed by atoms with Gasteiger partial charge < -0.3 is 0 Å². The summed E-state index contributed by atoms with van der Waals surface area (Å²) in [6.07, 6.45) is 0. The zero-order valence-electron chi connectivity index (χ0n) is 8.92. The van der Waals surface area contributed by atoms with E-state index in [2.05, 4.69) is 66.2 Å². The molecule has 0 aliphatic heterocycles. The number of hydrogen-bond acceptors (Lipinski definition) is 0. The van der Waals surface area contributed by atoms with E-state index in [9.17, 15) is 0 Å². The van der Waals surface area contributed by atoms with E-state index in [-0.39, 0.29) is 0 Å². The van der Waals surface area contributed by atoms with E-state index < -0.39 is 0 Å². The first-order chi connectivity index (χ1) is 7.16. The fourth-order valence-electron chi connectivity index (χ4n) is 1.59. The highest BCUT2D eigenvalue weighted by Crippen LogP contribution is 2.24. The third-order valence-electron chi connectivity index (χ3n) is 2.66. The maximum absolute atomic E-state index is 3.49. The molecule has 0 N–H and O–H groups in total. The molecular weight excluding hydrogens is 248 g/mol. The van der Waals surface area contributed by atoms with Crippen molar-refractivity contribution in [2.45, 2.75) is 13.8 Å². The lowest BCUT2D eigenvalue weighted by Crippen LogP contribution is -1.83. The molecule has 2 aromatic carbocycles. The molecule has 0 aromatic heterocycles. The molecule has 0 unspecified atom stereocenters. The molecule has 2 aromatic rings. The van der Waals surface area contributed by atoms with Crippen LogP contribution in [0.15, 0.2) is 46.9 Å². The molecule has 0 saturated heterocycles. The Kier molecular flexibility index (Phi) is 2.92. The second-order valence-electron chi connectivity index (χ2n) is 3.81. The predicted octanol–water partition coefficient (Wildman–Crippen LogP) is 4.73. The van der Waals surface area contributed by atoms with Crippen molar-refractivity contribution >= 4 is 15.9 Å². The summed E-state index contributed by atoms with van der Waals surface area (Å²) in [5.74, 6) is 0. The fourth-order valence-corrected chi connectivity index (χ4v) is 1.99. The number of halogens is 1. The maximum Gasteiger partial charge on any atom is 0.0181 e. The lowest BCUT2D eigenvalue weighted by atomic mass is 10.0. The lowest BCUT2D eigenvalue weighted by Gasteiger charge is -2.05. The summed E-state index contributed by atoms with van der Waals surface area (Å²) in [6, 6.07) is 15.0. The SMILES string of the molecule is Cc1ccc(-c2cccc(Br)c2)cc1C. The van der Waals surface area contributed by atoms with Crippen LogP contribution in [0.25, 0.3) is 11.1 Å². The van der Waals surface area contributed by atoms with Gasteiger partial charge in [-0.3, -0.25) is 0 Å². The Bertz CT molecular complexity index is 486. The van der Waals surface area contributed by atoms with Crippen LogP contribution >= 0.6 is 15.9 Å². The molecule has 0 saturated carbocycles. The van der Waals surface area contributed by atoms with E-state index in [0.717, 1.165) is 4.47 Å². The van der Waals surface area contributed by atoms with E-state index in [1.54, 1.807) is 0 Å². The summed E-state index contributed by atoms with van der Waals surface area (Å²) < 4.78 is 1.12. The molecule has 0 amide bonds. The molecule has 0 spiro atoms. The van der Waals surface area contributed by atoms with Crippen LogP contribution in [0, 0.1) is 13.8 Å². The highest BCUT2D eigenvalue weighted by molar-refractivity contribution is 9.10. The Morgan fingerprint density at radius 2 is 1.53 bits per heavy atom. The normalized spacial score (nSPS) is 10.3.